The lowest BCUT2D eigenvalue weighted by atomic mass is 9.70. The Morgan fingerprint density at radius 2 is 1.14 bits per heavy atom. The minimum absolute atomic E-state index is 0.215. The topological polar surface area (TPSA) is 58.2 Å². The van der Waals surface area contributed by atoms with E-state index in [1.807, 2.05) is 48.5 Å². The Balaban J connectivity index is 1.82. The Hall–Kier alpha value is -2.62. The van der Waals surface area contributed by atoms with Gasteiger partial charge in [0.15, 0.2) is 0 Å². The van der Waals surface area contributed by atoms with E-state index in [0.717, 1.165) is 22.5 Å². The minimum Gasteiger partial charge on any atom is -0.325 e. The first kappa shape index (κ1) is 12.1. The number of anilines is 2. The molecule has 2 aliphatic rings. The van der Waals surface area contributed by atoms with Crippen molar-refractivity contribution < 1.29 is 9.59 Å². The van der Waals surface area contributed by atoms with Gasteiger partial charge < -0.3 is 10.6 Å². The number of hydrogen-bond donors (Lipinski definition) is 2. The number of amides is 2. The number of para-hydroxylation sites is 2. The van der Waals surface area contributed by atoms with Crippen molar-refractivity contribution >= 4 is 23.2 Å². The van der Waals surface area contributed by atoms with Crippen molar-refractivity contribution in [2.75, 3.05) is 10.6 Å². The molecule has 4 nitrogen and oxygen atoms in total. The molecule has 0 saturated carbocycles. The fraction of sp³-hybridized carbons (Fsp3) is 0.176. The second-order valence-corrected chi connectivity index (χ2v) is 5.66. The van der Waals surface area contributed by atoms with Crippen LogP contribution in [0.2, 0.25) is 0 Å². The fourth-order valence-electron chi connectivity index (χ4n) is 3.21. The molecule has 0 unspecified atom stereocenters. The maximum Gasteiger partial charge on any atom is 0.240 e. The van der Waals surface area contributed by atoms with Crippen LogP contribution in [0.5, 0.6) is 0 Å². The average molecular weight is 278 g/mol. The van der Waals surface area contributed by atoms with Crippen LogP contribution in [0.3, 0.4) is 0 Å². The van der Waals surface area contributed by atoms with Crippen molar-refractivity contribution in [1.29, 1.82) is 0 Å². The summed E-state index contributed by atoms with van der Waals surface area (Å²) in [6.45, 7) is 0. The number of carbonyl (C=O) groups is 2. The molecule has 0 saturated heterocycles. The average Bonchev–Trinajstić information content (AvgIpc) is 2.49. The van der Waals surface area contributed by atoms with Gasteiger partial charge in [0.2, 0.25) is 11.8 Å². The first-order valence-electron chi connectivity index (χ1n) is 6.98. The number of carbonyl (C=O) groups excluding carboxylic acids is 2. The van der Waals surface area contributed by atoms with E-state index >= 15 is 0 Å². The van der Waals surface area contributed by atoms with Crippen LogP contribution in [0, 0.1) is 5.41 Å². The maximum atomic E-state index is 12.6. The third-order valence-electron chi connectivity index (χ3n) is 4.38. The molecule has 0 aliphatic carbocycles. The van der Waals surface area contributed by atoms with Crippen LogP contribution in [-0.2, 0) is 22.4 Å². The summed E-state index contributed by atoms with van der Waals surface area (Å²) in [5.74, 6) is -0.429. The third-order valence-corrected chi connectivity index (χ3v) is 4.38. The predicted molar refractivity (Wildman–Crippen MR) is 80.0 cm³/mol. The molecule has 0 radical (unpaired) electrons. The summed E-state index contributed by atoms with van der Waals surface area (Å²) in [6.07, 6.45) is 0.879. The summed E-state index contributed by atoms with van der Waals surface area (Å²) in [6, 6.07) is 15.3. The molecule has 2 aromatic carbocycles. The molecule has 0 aromatic heterocycles. The molecule has 21 heavy (non-hydrogen) atoms. The lowest BCUT2D eigenvalue weighted by Crippen LogP contribution is -2.53. The zero-order chi connectivity index (χ0) is 14.4. The Kier molecular flexibility index (Phi) is 2.42. The van der Waals surface area contributed by atoms with Crippen molar-refractivity contribution in [2.45, 2.75) is 12.8 Å². The molecule has 4 heteroatoms. The molecule has 0 atom stereocenters. The van der Waals surface area contributed by atoms with Gasteiger partial charge in [-0.3, -0.25) is 9.59 Å². The quantitative estimate of drug-likeness (QED) is 0.727. The Morgan fingerprint density at radius 3 is 1.62 bits per heavy atom. The molecule has 4 rings (SSSR count). The summed E-state index contributed by atoms with van der Waals surface area (Å²) >= 11 is 0. The van der Waals surface area contributed by atoms with Crippen LogP contribution in [0.25, 0.3) is 0 Å². The molecule has 0 fully saturated rings. The van der Waals surface area contributed by atoms with Gasteiger partial charge >= 0.3 is 0 Å². The summed E-state index contributed by atoms with van der Waals surface area (Å²) in [4.78, 5) is 25.2. The number of hydrogen-bond acceptors (Lipinski definition) is 2. The summed E-state index contributed by atoms with van der Waals surface area (Å²) < 4.78 is 0. The smallest absolute Gasteiger partial charge is 0.240 e. The second-order valence-electron chi connectivity index (χ2n) is 5.66. The maximum absolute atomic E-state index is 12.6. The Bertz CT molecular complexity index is 701. The van der Waals surface area contributed by atoms with Crippen molar-refractivity contribution in [2.24, 2.45) is 5.41 Å². The Labute approximate surface area is 122 Å². The highest BCUT2D eigenvalue weighted by Gasteiger charge is 2.51. The van der Waals surface area contributed by atoms with Crippen LogP contribution in [0.4, 0.5) is 11.4 Å². The Morgan fingerprint density at radius 1 is 0.714 bits per heavy atom. The predicted octanol–water partition coefficient (Wildman–Crippen LogP) is 2.36. The van der Waals surface area contributed by atoms with Crippen LogP contribution in [0.1, 0.15) is 11.1 Å². The fourth-order valence-corrected chi connectivity index (χ4v) is 3.21. The first-order chi connectivity index (χ1) is 10.2. The molecular formula is C17H14N2O2. The van der Waals surface area contributed by atoms with E-state index < -0.39 is 5.41 Å². The van der Waals surface area contributed by atoms with Crippen LogP contribution in [0.15, 0.2) is 48.5 Å². The summed E-state index contributed by atoms with van der Waals surface area (Å²) in [5, 5.41) is 5.76. The zero-order valence-electron chi connectivity index (χ0n) is 11.3. The van der Waals surface area contributed by atoms with Crippen molar-refractivity contribution in [3.8, 4) is 0 Å². The van der Waals surface area contributed by atoms with Gasteiger partial charge in [0.05, 0.1) is 0 Å². The molecule has 104 valence electrons. The van der Waals surface area contributed by atoms with Crippen molar-refractivity contribution in [1.82, 2.24) is 0 Å². The normalized spacial score (nSPS) is 18.5. The summed E-state index contributed by atoms with van der Waals surface area (Å²) in [7, 11) is 0. The molecular weight excluding hydrogens is 264 g/mol. The van der Waals surface area contributed by atoms with E-state index in [4.69, 9.17) is 0 Å². The lowest BCUT2D eigenvalue weighted by molar-refractivity contribution is -0.138. The van der Waals surface area contributed by atoms with Gasteiger partial charge in [-0.05, 0) is 36.1 Å². The van der Waals surface area contributed by atoms with Crippen LogP contribution in [-0.4, -0.2) is 11.8 Å². The van der Waals surface area contributed by atoms with Gasteiger partial charge in [0.1, 0.15) is 5.41 Å². The van der Waals surface area contributed by atoms with E-state index in [1.165, 1.54) is 0 Å². The molecule has 2 N–H and O–H groups in total. The highest BCUT2D eigenvalue weighted by atomic mass is 16.2. The number of nitrogens with one attached hydrogen (secondary N) is 2. The van der Waals surface area contributed by atoms with Gasteiger partial charge in [-0.2, -0.15) is 0 Å². The summed E-state index contributed by atoms with van der Waals surface area (Å²) in [5.41, 5.74) is 2.58. The van der Waals surface area contributed by atoms with E-state index in [0.29, 0.717) is 12.8 Å². The SMILES string of the molecule is O=C1Nc2ccccc2CC12Cc1ccccc1NC2=O. The minimum atomic E-state index is -1.04. The molecule has 2 aromatic rings. The van der Waals surface area contributed by atoms with Gasteiger partial charge in [-0.25, -0.2) is 0 Å². The van der Waals surface area contributed by atoms with Crippen LogP contribution < -0.4 is 10.6 Å². The van der Waals surface area contributed by atoms with E-state index in [9.17, 15) is 9.59 Å². The highest BCUT2D eigenvalue weighted by molar-refractivity contribution is 6.17. The second kappa shape index (κ2) is 4.19. The number of benzene rings is 2. The van der Waals surface area contributed by atoms with E-state index in [2.05, 4.69) is 10.6 Å². The van der Waals surface area contributed by atoms with Gasteiger partial charge in [0, 0.05) is 11.4 Å². The molecule has 1 spiro atoms. The highest BCUT2D eigenvalue weighted by Crippen LogP contribution is 2.41. The third kappa shape index (κ3) is 1.69. The molecule has 2 aliphatic heterocycles. The zero-order valence-corrected chi connectivity index (χ0v) is 11.3. The van der Waals surface area contributed by atoms with E-state index in [-0.39, 0.29) is 11.8 Å². The largest absolute Gasteiger partial charge is 0.325 e. The molecule has 0 bridgehead atoms. The van der Waals surface area contributed by atoms with Crippen molar-refractivity contribution in [3.05, 3.63) is 59.7 Å². The van der Waals surface area contributed by atoms with Gasteiger partial charge in [0.25, 0.3) is 0 Å². The van der Waals surface area contributed by atoms with E-state index in [1.54, 1.807) is 0 Å². The van der Waals surface area contributed by atoms with Gasteiger partial charge in [-0.15, -0.1) is 0 Å². The van der Waals surface area contributed by atoms with Crippen LogP contribution >= 0.6 is 0 Å². The van der Waals surface area contributed by atoms with Crippen molar-refractivity contribution in [3.63, 3.8) is 0 Å². The number of fused-ring (bicyclic) bond motifs is 2. The monoisotopic (exact) mass is 278 g/mol. The molecule has 2 amide bonds. The lowest BCUT2D eigenvalue weighted by Gasteiger charge is -2.39. The standard InChI is InChI=1S/C17H14N2O2/c20-15-17(9-11-5-1-3-7-13(11)18-15)10-12-6-2-4-8-14(12)19-16(17)21/h1-8H,9-10H2,(H,18,20)(H,19,21). The number of rotatable bonds is 0. The first-order valence-corrected chi connectivity index (χ1v) is 6.98. The molecule has 2 heterocycles. The van der Waals surface area contributed by atoms with Gasteiger partial charge in [-0.1, -0.05) is 36.4 Å².